The van der Waals surface area contributed by atoms with Crippen LogP contribution in [0.4, 0.5) is 11.4 Å². The van der Waals surface area contributed by atoms with Gasteiger partial charge in [0.05, 0.1) is 0 Å². The van der Waals surface area contributed by atoms with Gasteiger partial charge >= 0.3 is 0 Å². The predicted molar refractivity (Wildman–Crippen MR) is 60.3 cm³/mol. The summed E-state index contributed by atoms with van der Waals surface area (Å²) in [5.74, 6) is -0.000880. The molecule has 0 aromatic heterocycles. The standard InChI is InChI=1S/C10H14N2O2S/c11-10-7(6-15(13)14)3-4-9-8(10)2-1-5-12-9/h3-4,12H,1-2,5-6,11H2,(H,13,14)/p-1. The molecule has 0 bridgehead atoms. The molecule has 1 heterocycles. The molecule has 1 aliphatic rings. The van der Waals surface area contributed by atoms with Crippen LogP contribution in [0.1, 0.15) is 17.5 Å². The fourth-order valence-corrected chi connectivity index (χ4v) is 2.39. The Morgan fingerprint density at radius 2 is 2.33 bits per heavy atom. The zero-order valence-electron chi connectivity index (χ0n) is 8.29. The monoisotopic (exact) mass is 225 g/mol. The van der Waals surface area contributed by atoms with Crippen molar-refractivity contribution in [3.8, 4) is 0 Å². The number of fused-ring (bicyclic) bond motifs is 1. The van der Waals surface area contributed by atoms with Crippen LogP contribution in [0.15, 0.2) is 12.1 Å². The molecular formula is C10H13N2O2S-. The van der Waals surface area contributed by atoms with Crippen molar-refractivity contribution in [3.05, 3.63) is 23.3 Å². The fraction of sp³-hybridized carbons (Fsp3) is 0.400. The van der Waals surface area contributed by atoms with Gasteiger partial charge in [-0.15, -0.1) is 0 Å². The fourth-order valence-electron chi connectivity index (χ4n) is 1.89. The molecule has 5 heteroatoms. The van der Waals surface area contributed by atoms with Crippen LogP contribution in [-0.2, 0) is 23.3 Å². The predicted octanol–water partition coefficient (Wildman–Crippen LogP) is 1.01. The first kappa shape index (κ1) is 10.4. The number of nitrogens with two attached hydrogens (primary N) is 1. The second kappa shape index (κ2) is 4.20. The quantitative estimate of drug-likeness (QED) is 0.581. The van der Waals surface area contributed by atoms with E-state index in [1.807, 2.05) is 6.07 Å². The molecule has 0 amide bonds. The van der Waals surface area contributed by atoms with Crippen molar-refractivity contribution in [3.63, 3.8) is 0 Å². The Labute approximate surface area is 91.2 Å². The van der Waals surface area contributed by atoms with E-state index in [2.05, 4.69) is 5.32 Å². The van der Waals surface area contributed by atoms with E-state index in [0.29, 0.717) is 11.3 Å². The van der Waals surface area contributed by atoms with E-state index in [9.17, 15) is 8.76 Å². The van der Waals surface area contributed by atoms with Gasteiger partial charge in [0.1, 0.15) is 0 Å². The van der Waals surface area contributed by atoms with Crippen LogP contribution in [0.25, 0.3) is 0 Å². The topological polar surface area (TPSA) is 78.2 Å². The van der Waals surface area contributed by atoms with E-state index in [0.717, 1.165) is 30.6 Å². The lowest BCUT2D eigenvalue weighted by Crippen LogP contribution is -2.14. The zero-order chi connectivity index (χ0) is 10.8. The second-order valence-electron chi connectivity index (χ2n) is 3.64. The molecule has 82 valence electrons. The molecule has 3 N–H and O–H groups in total. The minimum Gasteiger partial charge on any atom is -0.772 e. The van der Waals surface area contributed by atoms with Crippen molar-refractivity contribution in [2.45, 2.75) is 18.6 Å². The second-order valence-corrected chi connectivity index (χ2v) is 4.54. The molecule has 0 saturated carbocycles. The molecule has 4 nitrogen and oxygen atoms in total. The normalized spacial score (nSPS) is 16.6. The van der Waals surface area contributed by atoms with Crippen LogP contribution in [0.2, 0.25) is 0 Å². The molecule has 1 unspecified atom stereocenters. The van der Waals surface area contributed by atoms with Crippen molar-refractivity contribution in [2.24, 2.45) is 0 Å². The maximum absolute atomic E-state index is 10.6. The summed E-state index contributed by atoms with van der Waals surface area (Å²) in [5.41, 5.74) is 9.37. The highest BCUT2D eigenvalue weighted by molar-refractivity contribution is 7.78. The van der Waals surface area contributed by atoms with E-state index >= 15 is 0 Å². The number of hydrogen-bond donors (Lipinski definition) is 2. The Morgan fingerprint density at radius 1 is 1.53 bits per heavy atom. The van der Waals surface area contributed by atoms with Gasteiger partial charge in [-0.3, -0.25) is 4.21 Å². The average Bonchev–Trinajstić information content (AvgIpc) is 2.22. The Morgan fingerprint density at radius 3 is 3.07 bits per heavy atom. The van der Waals surface area contributed by atoms with Gasteiger partial charge in [0, 0.05) is 23.7 Å². The smallest absolute Gasteiger partial charge is 0.0408 e. The summed E-state index contributed by atoms with van der Waals surface area (Å²) in [6, 6.07) is 3.69. The Bertz CT molecular complexity index is 407. The molecule has 1 aromatic carbocycles. The molecule has 0 saturated heterocycles. The first-order valence-electron chi connectivity index (χ1n) is 4.88. The van der Waals surface area contributed by atoms with Crippen molar-refractivity contribution in [1.29, 1.82) is 0 Å². The summed E-state index contributed by atoms with van der Waals surface area (Å²) < 4.78 is 21.2. The number of nitrogens with one attached hydrogen (secondary N) is 1. The zero-order valence-corrected chi connectivity index (χ0v) is 9.10. The Kier molecular flexibility index (Phi) is 2.93. The van der Waals surface area contributed by atoms with Gasteiger partial charge in [-0.25, -0.2) is 0 Å². The van der Waals surface area contributed by atoms with Crippen molar-refractivity contribution < 1.29 is 8.76 Å². The van der Waals surface area contributed by atoms with E-state index in [1.54, 1.807) is 6.07 Å². The van der Waals surface area contributed by atoms with Crippen molar-refractivity contribution in [2.75, 3.05) is 17.6 Å². The maximum Gasteiger partial charge on any atom is 0.0408 e. The molecule has 0 fully saturated rings. The van der Waals surface area contributed by atoms with Crippen LogP contribution in [0, 0.1) is 0 Å². The number of rotatable bonds is 2. The van der Waals surface area contributed by atoms with Gasteiger partial charge in [0.25, 0.3) is 0 Å². The van der Waals surface area contributed by atoms with E-state index in [1.165, 1.54) is 0 Å². The minimum absolute atomic E-state index is 0.000880. The van der Waals surface area contributed by atoms with Gasteiger partial charge in [0.15, 0.2) is 0 Å². The first-order valence-corrected chi connectivity index (χ1v) is 6.13. The highest BCUT2D eigenvalue weighted by atomic mass is 32.2. The molecule has 1 aliphatic heterocycles. The molecule has 1 aromatic rings. The summed E-state index contributed by atoms with van der Waals surface area (Å²) in [5, 5.41) is 3.25. The first-order chi connectivity index (χ1) is 7.18. The third-order valence-corrected chi connectivity index (χ3v) is 3.19. The summed E-state index contributed by atoms with van der Waals surface area (Å²) >= 11 is -2.08. The molecule has 1 atom stereocenters. The van der Waals surface area contributed by atoms with Crippen LogP contribution >= 0.6 is 0 Å². The third-order valence-electron chi connectivity index (χ3n) is 2.64. The molecule has 0 spiro atoms. The highest BCUT2D eigenvalue weighted by Crippen LogP contribution is 2.30. The Balaban J connectivity index is 2.38. The lowest BCUT2D eigenvalue weighted by atomic mass is 9.99. The molecular weight excluding hydrogens is 212 g/mol. The van der Waals surface area contributed by atoms with Crippen LogP contribution in [-0.4, -0.2) is 15.3 Å². The summed E-state index contributed by atoms with van der Waals surface area (Å²) in [4.78, 5) is 0. The van der Waals surface area contributed by atoms with Gasteiger partial charge in [-0.1, -0.05) is 17.1 Å². The largest absolute Gasteiger partial charge is 0.772 e. The molecule has 2 rings (SSSR count). The molecule has 0 radical (unpaired) electrons. The van der Waals surface area contributed by atoms with Crippen LogP contribution in [0.3, 0.4) is 0 Å². The van der Waals surface area contributed by atoms with Crippen molar-refractivity contribution in [1.82, 2.24) is 0 Å². The lowest BCUT2D eigenvalue weighted by molar-refractivity contribution is 0.536. The van der Waals surface area contributed by atoms with E-state index in [-0.39, 0.29) is 5.75 Å². The summed E-state index contributed by atoms with van der Waals surface area (Å²) in [6.45, 7) is 0.958. The molecule has 15 heavy (non-hydrogen) atoms. The SMILES string of the molecule is Nc1c(CS(=O)[O-])ccc2c1CCCN2. The van der Waals surface area contributed by atoms with E-state index < -0.39 is 11.1 Å². The Hall–Kier alpha value is -1.07. The minimum atomic E-state index is -2.08. The van der Waals surface area contributed by atoms with Gasteiger partial charge in [-0.05, 0) is 30.0 Å². The van der Waals surface area contributed by atoms with E-state index in [4.69, 9.17) is 5.73 Å². The van der Waals surface area contributed by atoms with Gasteiger partial charge < -0.3 is 15.6 Å². The highest BCUT2D eigenvalue weighted by Gasteiger charge is 2.13. The van der Waals surface area contributed by atoms with Crippen molar-refractivity contribution >= 4 is 22.5 Å². The maximum atomic E-state index is 10.6. The number of hydrogen-bond acceptors (Lipinski definition) is 4. The third kappa shape index (κ3) is 2.13. The summed E-state index contributed by atoms with van der Waals surface area (Å²) in [7, 11) is 0. The molecule has 0 aliphatic carbocycles. The van der Waals surface area contributed by atoms with Crippen LogP contribution < -0.4 is 11.1 Å². The number of nitrogen functional groups attached to an aromatic ring is 1. The number of benzene rings is 1. The summed E-state index contributed by atoms with van der Waals surface area (Å²) in [6.07, 6.45) is 1.97. The average molecular weight is 225 g/mol. The van der Waals surface area contributed by atoms with Gasteiger partial charge in [0.2, 0.25) is 0 Å². The number of anilines is 2. The van der Waals surface area contributed by atoms with Crippen LogP contribution in [0.5, 0.6) is 0 Å². The van der Waals surface area contributed by atoms with Gasteiger partial charge in [-0.2, -0.15) is 0 Å². The lowest BCUT2D eigenvalue weighted by Gasteiger charge is -2.21.